The molecule has 4 saturated carbocycles. The largest absolute Gasteiger partial charge is 0.352 e. The summed E-state index contributed by atoms with van der Waals surface area (Å²) in [7, 11) is -3.16. The van der Waals surface area contributed by atoms with Crippen molar-refractivity contribution in [3.8, 4) is 0 Å². The van der Waals surface area contributed by atoms with Gasteiger partial charge in [0.2, 0.25) is 15.9 Å². The summed E-state index contributed by atoms with van der Waals surface area (Å²) in [6.45, 7) is 1.02. The highest BCUT2D eigenvalue weighted by Crippen LogP contribution is 2.61. The van der Waals surface area contributed by atoms with Crippen molar-refractivity contribution in [2.75, 3.05) is 19.3 Å². The average molecular weight is 355 g/mol. The Hall–Kier alpha value is -0.620. The van der Waals surface area contributed by atoms with Crippen molar-refractivity contribution in [2.45, 2.75) is 63.8 Å². The summed E-state index contributed by atoms with van der Waals surface area (Å²) in [5, 5.41) is 3.15. The first-order valence-corrected chi connectivity index (χ1v) is 11.4. The van der Waals surface area contributed by atoms with Crippen LogP contribution < -0.4 is 5.32 Å². The number of piperidine rings is 1. The van der Waals surface area contributed by atoms with Gasteiger partial charge >= 0.3 is 0 Å². The number of hydrogen-bond donors (Lipinski definition) is 1. The van der Waals surface area contributed by atoms with E-state index in [9.17, 15) is 13.2 Å². The van der Waals surface area contributed by atoms with E-state index in [0.717, 1.165) is 30.6 Å². The average Bonchev–Trinajstić information content (AvgIpc) is 2.44. The van der Waals surface area contributed by atoms with E-state index in [1.165, 1.54) is 49.1 Å². The molecule has 1 unspecified atom stereocenters. The van der Waals surface area contributed by atoms with Crippen molar-refractivity contribution in [1.82, 2.24) is 9.62 Å². The molecule has 1 atom stereocenters. The van der Waals surface area contributed by atoms with E-state index in [1.54, 1.807) is 0 Å². The fourth-order valence-electron chi connectivity index (χ4n) is 6.49. The third-order valence-corrected chi connectivity index (χ3v) is 8.19. The Morgan fingerprint density at radius 1 is 1.12 bits per heavy atom. The standard InChI is InChI=1S/C18H30N2O3S/c1-24(22,23)20-4-2-3-16(12-20)19-17(21)11-18-8-13-5-14(9-18)7-15(6-13)10-18/h13-16H,2-12H2,1H3,(H,19,21). The minimum atomic E-state index is -3.16. The van der Waals surface area contributed by atoms with E-state index in [0.29, 0.717) is 19.5 Å². The number of nitrogens with one attached hydrogen (secondary N) is 1. The Morgan fingerprint density at radius 2 is 1.71 bits per heavy atom. The number of amides is 1. The van der Waals surface area contributed by atoms with Gasteiger partial charge in [0.15, 0.2) is 0 Å². The molecular formula is C18H30N2O3S. The van der Waals surface area contributed by atoms with E-state index < -0.39 is 10.0 Å². The van der Waals surface area contributed by atoms with E-state index in [1.807, 2.05) is 0 Å². The van der Waals surface area contributed by atoms with Crippen LogP contribution in [0.25, 0.3) is 0 Å². The van der Waals surface area contributed by atoms with Crippen LogP contribution >= 0.6 is 0 Å². The number of carbonyl (C=O) groups excluding carboxylic acids is 1. The summed E-state index contributed by atoms with van der Waals surface area (Å²) in [5.74, 6) is 2.73. The molecule has 1 saturated heterocycles. The molecule has 1 amide bonds. The predicted molar refractivity (Wildman–Crippen MR) is 92.8 cm³/mol. The summed E-state index contributed by atoms with van der Waals surface area (Å²) in [6, 6.07) is -0.0186. The molecule has 4 aliphatic carbocycles. The number of hydrogen-bond acceptors (Lipinski definition) is 3. The topological polar surface area (TPSA) is 66.5 Å². The van der Waals surface area contributed by atoms with E-state index in [-0.39, 0.29) is 17.4 Å². The zero-order chi connectivity index (χ0) is 16.9. The third kappa shape index (κ3) is 3.36. The van der Waals surface area contributed by atoms with Gasteiger partial charge in [-0.3, -0.25) is 4.79 Å². The molecule has 0 aromatic rings. The van der Waals surface area contributed by atoms with Crippen molar-refractivity contribution in [3.05, 3.63) is 0 Å². The maximum Gasteiger partial charge on any atom is 0.220 e. The molecule has 0 aromatic carbocycles. The number of sulfonamides is 1. The SMILES string of the molecule is CS(=O)(=O)N1CCCC(NC(=O)CC23CC4CC(CC(C4)C2)C3)C1. The van der Waals surface area contributed by atoms with Crippen LogP contribution in [0.5, 0.6) is 0 Å². The van der Waals surface area contributed by atoms with Gasteiger partial charge in [-0.15, -0.1) is 0 Å². The van der Waals surface area contributed by atoms with Gasteiger partial charge in [-0.25, -0.2) is 12.7 Å². The molecule has 1 heterocycles. The number of carbonyl (C=O) groups is 1. The molecule has 136 valence electrons. The lowest BCUT2D eigenvalue weighted by Gasteiger charge is -2.56. The quantitative estimate of drug-likeness (QED) is 0.841. The first-order chi connectivity index (χ1) is 11.3. The zero-order valence-corrected chi connectivity index (χ0v) is 15.5. The second kappa shape index (κ2) is 5.97. The highest BCUT2D eigenvalue weighted by atomic mass is 32.2. The van der Waals surface area contributed by atoms with Gasteiger partial charge in [-0.1, -0.05) is 0 Å². The first-order valence-electron chi connectivity index (χ1n) is 9.56. The maximum atomic E-state index is 12.7. The van der Waals surface area contributed by atoms with Crippen LogP contribution in [-0.4, -0.2) is 44.0 Å². The van der Waals surface area contributed by atoms with Crippen LogP contribution in [0.1, 0.15) is 57.8 Å². The van der Waals surface area contributed by atoms with Crippen molar-refractivity contribution in [3.63, 3.8) is 0 Å². The highest BCUT2D eigenvalue weighted by Gasteiger charge is 2.51. The molecule has 6 heteroatoms. The fourth-order valence-corrected chi connectivity index (χ4v) is 7.40. The summed E-state index contributed by atoms with van der Waals surface area (Å²) in [4.78, 5) is 12.7. The Morgan fingerprint density at radius 3 is 2.25 bits per heavy atom. The molecule has 5 aliphatic rings. The zero-order valence-electron chi connectivity index (χ0n) is 14.7. The van der Waals surface area contributed by atoms with Crippen molar-refractivity contribution in [2.24, 2.45) is 23.2 Å². The predicted octanol–water partition coefficient (Wildman–Crippen LogP) is 2.13. The summed E-state index contributed by atoms with van der Waals surface area (Å²) >= 11 is 0. The minimum absolute atomic E-state index is 0.0186. The van der Waals surface area contributed by atoms with Gasteiger partial charge in [-0.05, 0) is 74.5 Å². The molecule has 1 aliphatic heterocycles. The molecule has 24 heavy (non-hydrogen) atoms. The van der Waals surface area contributed by atoms with Crippen molar-refractivity contribution >= 4 is 15.9 Å². The molecular weight excluding hydrogens is 324 g/mol. The van der Waals surface area contributed by atoms with Crippen molar-refractivity contribution in [1.29, 1.82) is 0 Å². The lowest BCUT2D eigenvalue weighted by molar-refractivity contribution is -0.130. The highest BCUT2D eigenvalue weighted by molar-refractivity contribution is 7.88. The molecule has 0 spiro atoms. The van der Waals surface area contributed by atoms with Crippen LogP contribution in [0.4, 0.5) is 0 Å². The third-order valence-electron chi connectivity index (χ3n) is 6.92. The van der Waals surface area contributed by atoms with E-state index >= 15 is 0 Å². The van der Waals surface area contributed by atoms with Crippen LogP contribution in [-0.2, 0) is 14.8 Å². The monoisotopic (exact) mass is 354 g/mol. The molecule has 0 radical (unpaired) electrons. The summed E-state index contributed by atoms with van der Waals surface area (Å²) < 4.78 is 25.0. The molecule has 5 rings (SSSR count). The lowest BCUT2D eigenvalue weighted by Crippen LogP contribution is -2.52. The minimum Gasteiger partial charge on any atom is -0.352 e. The van der Waals surface area contributed by atoms with E-state index in [2.05, 4.69) is 5.32 Å². The Bertz CT molecular complexity index is 580. The number of rotatable bonds is 4. The molecule has 0 aromatic heterocycles. The molecule has 5 nitrogen and oxygen atoms in total. The summed E-state index contributed by atoms with van der Waals surface area (Å²) in [6.07, 6.45) is 11.5. The normalized spacial score (nSPS) is 42.2. The van der Waals surface area contributed by atoms with Gasteiger partial charge in [0.1, 0.15) is 0 Å². The number of nitrogens with zero attached hydrogens (tertiary/aromatic N) is 1. The Balaban J connectivity index is 1.35. The van der Waals surface area contributed by atoms with E-state index in [4.69, 9.17) is 0 Å². The Kier molecular flexibility index (Phi) is 4.19. The molecule has 1 N–H and O–H groups in total. The summed E-state index contributed by atoms with van der Waals surface area (Å²) in [5.41, 5.74) is 0.254. The molecule has 5 fully saturated rings. The molecule has 4 bridgehead atoms. The van der Waals surface area contributed by atoms with Gasteiger partial charge in [0, 0.05) is 25.6 Å². The van der Waals surface area contributed by atoms with Gasteiger partial charge in [-0.2, -0.15) is 0 Å². The van der Waals surface area contributed by atoms with Gasteiger partial charge < -0.3 is 5.32 Å². The van der Waals surface area contributed by atoms with Gasteiger partial charge in [0.25, 0.3) is 0 Å². The fraction of sp³-hybridized carbons (Fsp3) is 0.944. The van der Waals surface area contributed by atoms with Crippen LogP contribution in [0.2, 0.25) is 0 Å². The van der Waals surface area contributed by atoms with Crippen LogP contribution in [0.15, 0.2) is 0 Å². The van der Waals surface area contributed by atoms with Crippen LogP contribution in [0, 0.1) is 23.2 Å². The lowest BCUT2D eigenvalue weighted by atomic mass is 9.49. The van der Waals surface area contributed by atoms with Gasteiger partial charge in [0.05, 0.1) is 6.26 Å². The first kappa shape index (κ1) is 16.8. The van der Waals surface area contributed by atoms with Crippen LogP contribution in [0.3, 0.4) is 0 Å². The second-order valence-corrected chi connectivity index (χ2v) is 11.1. The maximum absolute atomic E-state index is 12.7. The smallest absolute Gasteiger partial charge is 0.220 e. The second-order valence-electron chi connectivity index (χ2n) is 9.12. The van der Waals surface area contributed by atoms with Crippen molar-refractivity contribution < 1.29 is 13.2 Å². The Labute approximate surface area is 145 Å².